The maximum atomic E-state index is 8.36. The Morgan fingerprint density at radius 1 is 1.17 bits per heavy atom. The molecule has 0 saturated carbocycles. The predicted octanol–water partition coefficient (Wildman–Crippen LogP) is 1.04. The zero-order valence-corrected chi connectivity index (χ0v) is 12.3. The fraction of sp³-hybridized carbons (Fsp3) is 1.00. The third-order valence-corrected chi connectivity index (χ3v) is 4.93. The molecule has 0 spiro atoms. The molecule has 0 atom stereocenters. The summed E-state index contributed by atoms with van der Waals surface area (Å²) in [4.78, 5) is 8.36. The van der Waals surface area contributed by atoms with E-state index in [0.29, 0.717) is 26.4 Å². The average molecular weight is 284 g/mol. The van der Waals surface area contributed by atoms with E-state index in [9.17, 15) is 0 Å². The minimum absolute atomic E-state index is 0.636. The quantitative estimate of drug-likeness (QED) is 0.369. The largest absolute Gasteiger partial charge is 0.500 e. The zero-order valence-electron chi connectivity index (χ0n) is 11.3. The molecule has 0 heterocycles. The van der Waals surface area contributed by atoms with Crippen LogP contribution in [0.3, 0.4) is 0 Å². The van der Waals surface area contributed by atoms with E-state index in [0.717, 1.165) is 12.5 Å². The molecular weight excluding hydrogens is 260 g/mol. The molecule has 0 bridgehead atoms. The molecule has 0 saturated heterocycles. The second-order valence-electron chi connectivity index (χ2n) is 3.11. The van der Waals surface area contributed by atoms with Crippen LogP contribution in [-0.2, 0) is 13.3 Å². The van der Waals surface area contributed by atoms with Crippen molar-refractivity contribution in [2.24, 2.45) is 5.73 Å². The van der Waals surface area contributed by atoms with Crippen LogP contribution in [0.5, 0.6) is 0 Å². The molecule has 110 valence electrons. The topological polar surface area (TPSA) is 117 Å². The van der Waals surface area contributed by atoms with Crippen molar-refractivity contribution in [3.05, 3.63) is 10.1 Å². The third kappa shape index (κ3) is 11.7. The molecule has 0 radical (unpaired) electrons. The highest BCUT2D eigenvalue weighted by Gasteiger charge is 2.39. The summed E-state index contributed by atoms with van der Waals surface area (Å²) in [6.07, 6.45) is 0.895. The van der Waals surface area contributed by atoms with E-state index in [1.54, 1.807) is 0 Å². The van der Waals surface area contributed by atoms with Gasteiger partial charge in [-0.15, -0.1) is 10.1 Å². The summed E-state index contributed by atoms with van der Waals surface area (Å²) in [5, 5.41) is 13.6. The molecule has 0 aromatic rings. The molecule has 8 nitrogen and oxygen atoms in total. The van der Waals surface area contributed by atoms with Crippen LogP contribution >= 0.6 is 0 Å². The van der Waals surface area contributed by atoms with Gasteiger partial charge >= 0.3 is 8.80 Å². The van der Waals surface area contributed by atoms with Gasteiger partial charge in [0.05, 0.1) is 0 Å². The number of hydrogen-bond donors (Lipinski definition) is 2. The van der Waals surface area contributed by atoms with Gasteiger partial charge in [0.25, 0.3) is 5.09 Å². The number of hydrogen-bond acceptors (Lipinski definition) is 6. The van der Waals surface area contributed by atoms with Crippen LogP contribution in [0.4, 0.5) is 0 Å². The molecule has 0 aromatic heterocycles. The summed E-state index contributed by atoms with van der Waals surface area (Å²) < 4.78 is 17.0. The lowest BCUT2D eigenvalue weighted by Gasteiger charge is -2.28. The summed E-state index contributed by atoms with van der Waals surface area (Å²) >= 11 is 0. The molecule has 3 N–H and O–H groups in total. The fourth-order valence-corrected chi connectivity index (χ4v) is 3.96. The van der Waals surface area contributed by atoms with Crippen LogP contribution in [0.2, 0.25) is 6.04 Å². The normalized spacial score (nSPS) is 10.7. The molecule has 0 aliphatic rings. The molecule has 9 heteroatoms. The first-order valence-corrected chi connectivity index (χ1v) is 7.86. The Morgan fingerprint density at radius 3 is 1.72 bits per heavy atom. The maximum Gasteiger partial charge on any atom is 0.500 e. The average Bonchev–Trinajstić information content (AvgIpc) is 2.27. The van der Waals surface area contributed by atoms with Crippen molar-refractivity contribution in [2.75, 3.05) is 26.4 Å². The van der Waals surface area contributed by atoms with E-state index in [1.165, 1.54) is 0 Å². The van der Waals surface area contributed by atoms with Crippen molar-refractivity contribution >= 4 is 8.80 Å². The number of nitrogens with two attached hydrogens (primary N) is 1. The Bertz CT molecular complexity index is 186. The predicted molar refractivity (Wildman–Crippen MR) is 67.9 cm³/mol. The lowest BCUT2D eigenvalue weighted by Crippen LogP contribution is -2.46. The second-order valence-corrected chi connectivity index (χ2v) is 5.84. The van der Waals surface area contributed by atoms with Crippen molar-refractivity contribution in [2.45, 2.75) is 33.2 Å². The highest BCUT2D eigenvalue weighted by Crippen LogP contribution is 2.17. The first-order valence-electron chi connectivity index (χ1n) is 5.93. The Labute approximate surface area is 108 Å². The van der Waals surface area contributed by atoms with Crippen molar-refractivity contribution in [3.63, 3.8) is 0 Å². The van der Waals surface area contributed by atoms with E-state index in [1.807, 2.05) is 20.8 Å². The van der Waals surface area contributed by atoms with Gasteiger partial charge in [0, 0.05) is 25.9 Å². The van der Waals surface area contributed by atoms with Gasteiger partial charge in [-0.05, 0) is 33.7 Å². The summed E-state index contributed by atoms with van der Waals surface area (Å²) in [6.45, 7) is 8.44. The summed E-state index contributed by atoms with van der Waals surface area (Å²) in [5.41, 5.74) is 5.48. The van der Waals surface area contributed by atoms with Gasteiger partial charge < -0.3 is 24.2 Å². The molecule has 0 aliphatic heterocycles. The minimum Gasteiger partial charge on any atom is -0.374 e. The Morgan fingerprint density at radius 2 is 1.50 bits per heavy atom. The number of nitrogens with zero attached hydrogens (tertiary/aromatic N) is 1. The zero-order chi connectivity index (χ0) is 14.4. The van der Waals surface area contributed by atoms with Gasteiger partial charge in [-0.3, -0.25) is 0 Å². The summed E-state index contributed by atoms with van der Waals surface area (Å²) in [5.74, 6) is 0. The Balaban J connectivity index is 0. The lowest BCUT2D eigenvalue weighted by atomic mass is 10.5. The molecular formula is C9H24N2O6Si. The van der Waals surface area contributed by atoms with Crippen molar-refractivity contribution < 1.29 is 23.6 Å². The van der Waals surface area contributed by atoms with Crippen LogP contribution in [0.15, 0.2) is 0 Å². The molecule has 0 aliphatic carbocycles. The molecule has 0 aromatic carbocycles. The SMILES string of the molecule is CCO[Si](CCCN)(OCC)OCC.O=[N+]([O-])O. The second kappa shape index (κ2) is 12.7. The standard InChI is InChI=1S/C9H23NO3Si.HNO3/c1-4-11-14(12-5-2,13-6-3)9-7-8-10;2-1(3)4/h4-10H2,1-3H3;(H,2,3,4). The molecule has 0 fully saturated rings. The molecule has 0 rings (SSSR count). The molecule has 18 heavy (non-hydrogen) atoms. The number of rotatable bonds is 9. The van der Waals surface area contributed by atoms with Gasteiger partial charge in [0.15, 0.2) is 0 Å². The lowest BCUT2D eigenvalue weighted by molar-refractivity contribution is -0.742. The van der Waals surface area contributed by atoms with Crippen molar-refractivity contribution in [3.8, 4) is 0 Å². The smallest absolute Gasteiger partial charge is 0.374 e. The van der Waals surface area contributed by atoms with E-state index >= 15 is 0 Å². The van der Waals surface area contributed by atoms with Gasteiger partial charge in [0.1, 0.15) is 0 Å². The van der Waals surface area contributed by atoms with Crippen molar-refractivity contribution in [1.29, 1.82) is 0 Å². The first-order chi connectivity index (χ1) is 8.47. The van der Waals surface area contributed by atoms with Crippen LogP contribution in [-0.4, -0.2) is 45.5 Å². The van der Waals surface area contributed by atoms with Gasteiger partial charge in [-0.1, -0.05) is 0 Å². The van der Waals surface area contributed by atoms with E-state index in [-0.39, 0.29) is 0 Å². The Hall–Kier alpha value is -0.743. The van der Waals surface area contributed by atoms with E-state index in [2.05, 4.69) is 0 Å². The van der Waals surface area contributed by atoms with Gasteiger partial charge in [-0.25, -0.2) is 0 Å². The minimum atomic E-state index is -2.40. The van der Waals surface area contributed by atoms with Gasteiger partial charge in [0.2, 0.25) is 0 Å². The van der Waals surface area contributed by atoms with Crippen LogP contribution in [0.25, 0.3) is 0 Å². The maximum absolute atomic E-state index is 8.36. The van der Waals surface area contributed by atoms with Gasteiger partial charge in [-0.2, -0.15) is 0 Å². The monoisotopic (exact) mass is 284 g/mol. The summed E-state index contributed by atoms with van der Waals surface area (Å²) in [6, 6.07) is 0.818. The Kier molecular flexibility index (Phi) is 13.8. The third-order valence-electron chi connectivity index (χ3n) is 1.78. The highest BCUT2D eigenvalue weighted by atomic mass is 28.4. The first kappa shape index (κ1) is 19.6. The van der Waals surface area contributed by atoms with Crippen LogP contribution < -0.4 is 5.73 Å². The van der Waals surface area contributed by atoms with E-state index < -0.39 is 13.9 Å². The highest BCUT2D eigenvalue weighted by molar-refractivity contribution is 6.60. The van der Waals surface area contributed by atoms with Crippen LogP contribution in [0.1, 0.15) is 27.2 Å². The van der Waals surface area contributed by atoms with Crippen LogP contribution in [0, 0.1) is 10.1 Å². The molecule has 0 amide bonds. The van der Waals surface area contributed by atoms with Crippen molar-refractivity contribution in [1.82, 2.24) is 0 Å². The molecule has 0 unspecified atom stereocenters. The van der Waals surface area contributed by atoms with E-state index in [4.69, 9.17) is 34.3 Å². The fourth-order valence-electron chi connectivity index (χ4n) is 1.32. The summed E-state index contributed by atoms with van der Waals surface area (Å²) in [7, 11) is -2.40.